The topological polar surface area (TPSA) is 78.6 Å². The summed E-state index contributed by atoms with van der Waals surface area (Å²) in [7, 11) is -3.53. The van der Waals surface area contributed by atoms with Gasteiger partial charge in [-0.05, 0) is 25.0 Å². The van der Waals surface area contributed by atoms with Crippen LogP contribution in [0.4, 0.5) is 13.2 Å². The highest BCUT2D eigenvalue weighted by Crippen LogP contribution is 2.31. The van der Waals surface area contributed by atoms with Crippen LogP contribution in [0.2, 0.25) is 0 Å². The average Bonchev–Trinajstić information content (AvgIpc) is 2.27. The molecule has 0 saturated carbocycles. The fourth-order valence-corrected chi connectivity index (χ4v) is 1.97. The van der Waals surface area contributed by atoms with E-state index in [1.165, 1.54) is 18.2 Å². The molecule has 0 aliphatic heterocycles. The van der Waals surface area contributed by atoms with Crippen molar-refractivity contribution < 1.29 is 31.1 Å². The van der Waals surface area contributed by atoms with Crippen LogP contribution in [0, 0.1) is 0 Å². The van der Waals surface area contributed by atoms with E-state index in [1.54, 1.807) is 0 Å². The molecule has 0 bridgehead atoms. The third kappa shape index (κ3) is 7.19. The molecule has 0 heterocycles. The summed E-state index contributed by atoms with van der Waals surface area (Å²) in [5.41, 5.74) is 0. The van der Waals surface area contributed by atoms with Gasteiger partial charge in [-0.25, -0.2) is 13.6 Å². The minimum Gasteiger partial charge on any atom is -0.490 e. The van der Waals surface area contributed by atoms with E-state index in [-0.39, 0.29) is 24.5 Å². The number of rotatable bonds is 7. The maximum Gasteiger partial charge on any atom is 0.573 e. The van der Waals surface area contributed by atoms with Crippen molar-refractivity contribution in [2.75, 3.05) is 12.4 Å². The summed E-state index contributed by atoms with van der Waals surface area (Å²) < 4.78 is 66.7. The second-order valence-electron chi connectivity index (χ2n) is 3.92. The largest absolute Gasteiger partial charge is 0.573 e. The number of sulfonamides is 1. The zero-order chi connectivity index (χ0) is 15.2. The van der Waals surface area contributed by atoms with Crippen LogP contribution in [0.5, 0.6) is 11.5 Å². The number of primary sulfonamides is 1. The van der Waals surface area contributed by atoms with Crippen LogP contribution in [0.3, 0.4) is 0 Å². The van der Waals surface area contributed by atoms with Gasteiger partial charge in [0.15, 0.2) is 11.5 Å². The molecule has 0 amide bonds. The van der Waals surface area contributed by atoms with Crippen LogP contribution in [0.15, 0.2) is 24.3 Å². The van der Waals surface area contributed by atoms with Crippen LogP contribution < -0.4 is 14.6 Å². The molecule has 0 aliphatic carbocycles. The van der Waals surface area contributed by atoms with E-state index in [2.05, 4.69) is 4.74 Å². The highest BCUT2D eigenvalue weighted by Gasteiger charge is 2.32. The molecular weight excluding hydrogens is 299 g/mol. The molecule has 0 fully saturated rings. The smallest absolute Gasteiger partial charge is 0.490 e. The summed E-state index contributed by atoms with van der Waals surface area (Å²) in [6.07, 6.45) is -4.19. The summed E-state index contributed by atoms with van der Waals surface area (Å²) in [5, 5.41) is 4.81. The monoisotopic (exact) mass is 313 g/mol. The fourth-order valence-electron chi connectivity index (χ4n) is 1.37. The minimum atomic E-state index is -4.80. The molecule has 114 valence electrons. The predicted molar refractivity (Wildman–Crippen MR) is 65.8 cm³/mol. The van der Waals surface area contributed by atoms with Crippen molar-refractivity contribution in [1.29, 1.82) is 0 Å². The second kappa shape index (κ2) is 6.80. The van der Waals surface area contributed by atoms with Crippen molar-refractivity contribution in [3.63, 3.8) is 0 Å². The quantitative estimate of drug-likeness (QED) is 0.781. The summed E-state index contributed by atoms with van der Waals surface area (Å²) >= 11 is 0. The Morgan fingerprint density at radius 1 is 1.10 bits per heavy atom. The summed E-state index contributed by atoms with van der Waals surface area (Å²) in [4.78, 5) is 0. The molecule has 0 aliphatic rings. The molecule has 1 rings (SSSR count). The zero-order valence-corrected chi connectivity index (χ0v) is 11.2. The molecule has 0 saturated heterocycles. The van der Waals surface area contributed by atoms with E-state index in [0.717, 1.165) is 6.07 Å². The highest BCUT2D eigenvalue weighted by molar-refractivity contribution is 7.89. The molecule has 1 aromatic carbocycles. The molecule has 0 radical (unpaired) electrons. The predicted octanol–water partition coefficient (Wildman–Crippen LogP) is 2.03. The van der Waals surface area contributed by atoms with E-state index < -0.39 is 22.1 Å². The normalized spacial score (nSPS) is 12.2. The Balaban J connectivity index is 2.48. The van der Waals surface area contributed by atoms with Gasteiger partial charge in [-0.2, -0.15) is 0 Å². The van der Waals surface area contributed by atoms with E-state index in [1.807, 2.05) is 0 Å². The molecule has 1 aromatic rings. The average molecular weight is 313 g/mol. The lowest BCUT2D eigenvalue weighted by atomic mass is 10.3. The molecule has 0 atom stereocenters. The molecule has 20 heavy (non-hydrogen) atoms. The van der Waals surface area contributed by atoms with Gasteiger partial charge in [0.05, 0.1) is 12.4 Å². The first-order chi connectivity index (χ1) is 9.17. The Kier molecular flexibility index (Phi) is 5.63. The van der Waals surface area contributed by atoms with Crippen molar-refractivity contribution >= 4 is 10.0 Å². The molecule has 0 aromatic heterocycles. The molecule has 9 heteroatoms. The second-order valence-corrected chi connectivity index (χ2v) is 5.65. The number of hydrogen-bond donors (Lipinski definition) is 1. The van der Waals surface area contributed by atoms with Gasteiger partial charge in [-0.1, -0.05) is 12.1 Å². The number of halogens is 3. The summed E-state index contributed by atoms with van der Waals surface area (Å²) in [6.45, 7) is 0.0632. The number of para-hydroxylation sites is 2. The van der Waals surface area contributed by atoms with E-state index in [9.17, 15) is 21.6 Å². The standard InChI is InChI=1S/C11H14F3NO4S/c12-11(13,14)19-10-6-2-1-5-9(10)18-7-3-4-8-20(15,16)17/h1-2,5-6H,3-4,7-8H2,(H2,15,16,17). The zero-order valence-electron chi connectivity index (χ0n) is 10.4. The minimum absolute atomic E-state index is 0.0552. The van der Waals surface area contributed by atoms with Crippen molar-refractivity contribution in [3.8, 4) is 11.5 Å². The lowest BCUT2D eigenvalue weighted by Gasteiger charge is -2.13. The molecular formula is C11H14F3NO4S. The van der Waals surface area contributed by atoms with Gasteiger partial charge in [0.1, 0.15) is 0 Å². The maximum atomic E-state index is 12.1. The maximum absolute atomic E-state index is 12.1. The number of alkyl halides is 3. The van der Waals surface area contributed by atoms with Crippen molar-refractivity contribution in [2.45, 2.75) is 19.2 Å². The molecule has 0 unspecified atom stereocenters. The lowest BCUT2D eigenvalue weighted by molar-refractivity contribution is -0.275. The number of unbranched alkanes of at least 4 members (excludes halogenated alkanes) is 1. The summed E-state index contributed by atoms with van der Waals surface area (Å²) in [6, 6.07) is 5.35. The first-order valence-corrected chi connectivity index (χ1v) is 7.37. The number of hydrogen-bond acceptors (Lipinski definition) is 4. The third-order valence-corrected chi connectivity index (χ3v) is 3.01. The van der Waals surface area contributed by atoms with E-state index in [4.69, 9.17) is 9.88 Å². The highest BCUT2D eigenvalue weighted by atomic mass is 32.2. The number of nitrogens with two attached hydrogens (primary N) is 1. The van der Waals surface area contributed by atoms with Crippen molar-refractivity contribution in [1.82, 2.24) is 0 Å². The SMILES string of the molecule is NS(=O)(=O)CCCCOc1ccccc1OC(F)(F)F. The van der Waals surface area contributed by atoms with Gasteiger partial charge < -0.3 is 9.47 Å². The van der Waals surface area contributed by atoms with Gasteiger partial charge >= 0.3 is 6.36 Å². The third-order valence-electron chi connectivity index (χ3n) is 2.16. The van der Waals surface area contributed by atoms with Gasteiger partial charge in [0, 0.05) is 0 Å². The summed E-state index contributed by atoms with van der Waals surface area (Å²) in [5.74, 6) is -0.691. The van der Waals surface area contributed by atoms with Crippen LogP contribution in [0.1, 0.15) is 12.8 Å². The first-order valence-electron chi connectivity index (χ1n) is 5.65. The van der Waals surface area contributed by atoms with E-state index >= 15 is 0 Å². The Hall–Kier alpha value is -1.48. The molecule has 5 nitrogen and oxygen atoms in total. The van der Waals surface area contributed by atoms with Gasteiger partial charge in [-0.3, -0.25) is 0 Å². The Labute approximate surface area is 114 Å². The Bertz CT molecular complexity index is 531. The fraction of sp³-hybridized carbons (Fsp3) is 0.455. The van der Waals surface area contributed by atoms with Gasteiger partial charge in [0.25, 0.3) is 0 Å². The number of benzene rings is 1. The van der Waals surface area contributed by atoms with Crippen molar-refractivity contribution in [2.24, 2.45) is 5.14 Å². The van der Waals surface area contributed by atoms with Gasteiger partial charge in [-0.15, -0.1) is 13.2 Å². The molecule has 0 spiro atoms. The van der Waals surface area contributed by atoms with Crippen molar-refractivity contribution in [3.05, 3.63) is 24.3 Å². The van der Waals surface area contributed by atoms with Crippen LogP contribution in [0.25, 0.3) is 0 Å². The van der Waals surface area contributed by atoms with Gasteiger partial charge in [0.2, 0.25) is 10.0 Å². The van der Waals surface area contributed by atoms with Crippen LogP contribution in [-0.2, 0) is 10.0 Å². The Morgan fingerprint density at radius 2 is 1.70 bits per heavy atom. The number of ether oxygens (including phenoxy) is 2. The first kappa shape index (κ1) is 16.6. The lowest BCUT2D eigenvalue weighted by Crippen LogP contribution is -2.18. The van der Waals surface area contributed by atoms with Crippen LogP contribution in [-0.4, -0.2) is 27.1 Å². The van der Waals surface area contributed by atoms with Crippen LogP contribution >= 0.6 is 0 Å². The molecule has 2 N–H and O–H groups in total. The Morgan fingerprint density at radius 3 is 2.25 bits per heavy atom. The van der Waals surface area contributed by atoms with E-state index in [0.29, 0.717) is 6.42 Å².